The van der Waals surface area contributed by atoms with E-state index in [1.807, 2.05) is 0 Å². The molecule has 1 aromatic carbocycles. The fourth-order valence-corrected chi connectivity index (χ4v) is 6.33. The van der Waals surface area contributed by atoms with E-state index in [2.05, 4.69) is 61.1 Å². The van der Waals surface area contributed by atoms with E-state index in [4.69, 9.17) is 4.98 Å². The first-order chi connectivity index (χ1) is 15.2. The van der Waals surface area contributed by atoms with Crippen molar-refractivity contribution < 1.29 is 10.2 Å². The molecule has 0 atom stereocenters. The molecule has 0 radical (unpaired) electrons. The highest BCUT2D eigenvalue weighted by atomic mass is 32.1. The van der Waals surface area contributed by atoms with Gasteiger partial charge in [0.1, 0.15) is 0 Å². The van der Waals surface area contributed by atoms with E-state index in [0.29, 0.717) is 19.1 Å². The third kappa shape index (κ3) is 4.74. The largest absolute Gasteiger partial charge is 0.395 e. The lowest BCUT2D eigenvalue weighted by Gasteiger charge is -2.42. The number of benzene rings is 1. The minimum Gasteiger partial charge on any atom is -0.395 e. The Morgan fingerprint density at radius 1 is 1.00 bits per heavy atom. The first kappa shape index (κ1) is 23.7. The second-order valence-corrected chi connectivity index (χ2v) is 11.6. The molecule has 1 aromatic heterocycles. The average Bonchev–Trinajstić information content (AvgIpc) is 3.27. The first-order valence-electron chi connectivity index (χ1n) is 12.1. The lowest BCUT2D eigenvalue weighted by Crippen LogP contribution is -2.46. The van der Waals surface area contributed by atoms with Crippen LogP contribution in [0.15, 0.2) is 23.6 Å². The zero-order valence-corrected chi connectivity index (χ0v) is 20.9. The van der Waals surface area contributed by atoms with Crippen molar-refractivity contribution in [1.82, 2.24) is 9.88 Å². The molecule has 2 N–H and O–H groups in total. The summed E-state index contributed by atoms with van der Waals surface area (Å²) in [7, 11) is 0. The lowest BCUT2D eigenvalue weighted by atomic mass is 9.63. The summed E-state index contributed by atoms with van der Waals surface area (Å²) in [5.74, 6) is 0. The summed E-state index contributed by atoms with van der Waals surface area (Å²) >= 11 is 1.74. The van der Waals surface area contributed by atoms with Crippen LogP contribution in [0.2, 0.25) is 0 Å². The summed E-state index contributed by atoms with van der Waals surface area (Å²) in [6.07, 6.45) is 4.53. The van der Waals surface area contributed by atoms with E-state index in [1.165, 1.54) is 29.5 Å². The van der Waals surface area contributed by atoms with E-state index in [0.717, 1.165) is 36.8 Å². The van der Waals surface area contributed by atoms with Gasteiger partial charge in [0.2, 0.25) is 0 Å². The number of rotatable bonds is 7. The zero-order valence-electron chi connectivity index (χ0n) is 20.1. The van der Waals surface area contributed by atoms with E-state index < -0.39 is 0 Å². The summed E-state index contributed by atoms with van der Waals surface area (Å²) in [6, 6.07) is 7.42. The van der Waals surface area contributed by atoms with Crippen LogP contribution in [0.5, 0.6) is 0 Å². The Kier molecular flexibility index (Phi) is 6.97. The van der Waals surface area contributed by atoms with Gasteiger partial charge in [-0.3, -0.25) is 4.90 Å². The lowest BCUT2D eigenvalue weighted by molar-refractivity contribution is 0.108. The van der Waals surface area contributed by atoms with Crippen LogP contribution in [-0.2, 0) is 10.8 Å². The molecule has 32 heavy (non-hydrogen) atoms. The Morgan fingerprint density at radius 2 is 1.62 bits per heavy atom. The Labute approximate surface area is 197 Å². The van der Waals surface area contributed by atoms with Crippen LogP contribution in [0.25, 0.3) is 11.3 Å². The zero-order chi connectivity index (χ0) is 22.9. The Hall–Kier alpha value is -1.47. The van der Waals surface area contributed by atoms with Gasteiger partial charge in [-0.05, 0) is 53.7 Å². The van der Waals surface area contributed by atoms with Gasteiger partial charge >= 0.3 is 0 Å². The number of hydrogen-bond acceptors (Lipinski definition) is 6. The number of nitrogens with zero attached hydrogens (tertiary/aromatic N) is 3. The van der Waals surface area contributed by atoms with Gasteiger partial charge in [0.05, 0.1) is 18.9 Å². The first-order valence-corrected chi connectivity index (χ1v) is 12.9. The minimum atomic E-state index is 0.144. The number of hydrogen-bond donors (Lipinski definition) is 2. The van der Waals surface area contributed by atoms with Crippen molar-refractivity contribution in [3.8, 4) is 11.3 Å². The molecule has 176 valence electrons. The SMILES string of the molecule is CC1(C)CCC(C)(C)c2cc(-c3csc(N4CCC(N(CCO)CCO)CC4)n3)ccc21. The van der Waals surface area contributed by atoms with Crippen LogP contribution in [0.1, 0.15) is 64.5 Å². The molecule has 0 bridgehead atoms. The van der Waals surface area contributed by atoms with Gasteiger partial charge in [0.25, 0.3) is 0 Å². The van der Waals surface area contributed by atoms with Gasteiger partial charge in [-0.25, -0.2) is 4.98 Å². The third-order valence-corrected chi connectivity index (χ3v) is 8.57. The number of fused-ring (bicyclic) bond motifs is 1. The molecule has 0 spiro atoms. The highest BCUT2D eigenvalue weighted by Crippen LogP contribution is 2.47. The fraction of sp³-hybridized carbons (Fsp3) is 0.654. The van der Waals surface area contributed by atoms with Crippen LogP contribution in [-0.4, -0.2) is 65.5 Å². The second kappa shape index (κ2) is 9.41. The second-order valence-electron chi connectivity index (χ2n) is 10.7. The molecule has 1 aliphatic heterocycles. The Morgan fingerprint density at radius 3 is 2.25 bits per heavy atom. The summed E-state index contributed by atoms with van der Waals surface area (Å²) in [5.41, 5.74) is 5.72. The molecular weight excluding hydrogens is 418 g/mol. The number of piperidine rings is 1. The number of aliphatic hydroxyl groups is 2. The molecule has 2 heterocycles. The van der Waals surface area contributed by atoms with Crippen molar-refractivity contribution in [3.63, 3.8) is 0 Å². The van der Waals surface area contributed by atoms with Crippen LogP contribution in [0, 0.1) is 0 Å². The number of thiazole rings is 1. The van der Waals surface area contributed by atoms with E-state index in [-0.39, 0.29) is 24.0 Å². The van der Waals surface area contributed by atoms with Crippen LogP contribution < -0.4 is 4.90 Å². The predicted molar refractivity (Wildman–Crippen MR) is 134 cm³/mol. The molecule has 1 fully saturated rings. The summed E-state index contributed by atoms with van der Waals surface area (Å²) in [4.78, 5) is 9.65. The molecular formula is C26H39N3O2S. The van der Waals surface area contributed by atoms with E-state index in [1.54, 1.807) is 11.3 Å². The number of aromatic nitrogens is 1. The monoisotopic (exact) mass is 457 g/mol. The normalized spacial score (nSPS) is 20.5. The Balaban J connectivity index is 1.48. The molecule has 0 amide bonds. The van der Waals surface area contributed by atoms with Gasteiger partial charge in [0, 0.05) is 43.2 Å². The number of anilines is 1. The van der Waals surface area contributed by atoms with Gasteiger partial charge in [0.15, 0.2) is 5.13 Å². The van der Waals surface area contributed by atoms with E-state index >= 15 is 0 Å². The maximum Gasteiger partial charge on any atom is 0.185 e. The van der Waals surface area contributed by atoms with Crippen LogP contribution in [0.4, 0.5) is 5.13 Å². The van der Waals surface area contributed by atoms with Crippen LogP contribution >= 0.6 is 11.3 Å². The fourth-order valence-electron chi connectivity index (χ4n) is 5.45. The number of aliphatic hydroxyl groups excluding tert-OH is 2. The standard InChI is InChI=1S/C26H39N3O2S/c1-25(2)9-10-26(3,4)22-17-19(5-6-21(22)25)23-18-32-24(27-23)29-11-7-20(8-12-29)28(13-15-30)14-16-31/h5-6,17-18,20,30-31H,7-16H2,1-4H3. The molecule has 4 rings (SSSR count). The molecule has 2 aromatic rings. The van der Waals surface area contributed by atoms with Crippen molar-refractivity contribution in [1.29, 1.82) is 0 Å². The van der Waals surface area contributed by atoms with Crippen molar-refractivity contribution in [2.45, 2.75) is 70.3 Å². The molecule has 1 saturated heterocycles. The summed E-state index contributed by atoms with van der Waals surface area (Å²) in [5, 5.41) is 22.0. The molecule has 6 heteroatoms. The van der Waals surface area contributed by atoms with Crippen molar-refractivity contribution in [2.75, 3.05) is 44.3 Å². The molecule has 5 nitrogen and oxygen atoms in total. The van der Waals surface area contributed by atoms with Gasteiger partial charge in [-0.1, -0.05) is 39.8 Å². The van der Waals surface area contributed by atoms with Gasteiger partial charge < -0.3 is 15.1 Å². The smallest absolute Gasteiger partial charge is 0.185 e. The quantitative estimate of drug-likeness (QED) is 0.645. The topological polar surface area (TPSA) is 59.8 Å². The maximum absolute atomic E-state index is 9.33. The van der Waals surface area contributed by atoms with Crippen molar-refractivity contribution >= 4 is 16.5 Å². The van der Waals surface area contributed by atoms with E-state index in [9.17, 15) is 10.2 Å². The van der Waals surface area contributed by atoms with Crippen LogP contribution in [0.3, 0.4) is 0 Å². The Bertz CT molecular complexity index is 910. The highest BCUT2D eigenvalue weighted by molar-refractivity contribution is 7.14. The van der Waals surface area contributed by atoms with Crippen molar-refractivity contribution in [2.24, 2.45) is 0 Å². The molecule has 0 saturated carbocycles. The van der Waals surface area contributed by atoms with Gasteiger partial charge in [-0.2, -0.15) is 0 Å². The van der Waals surface area contributed by atoms with Gasteiger partial charge in [-0.15, -0.1) is 11.3 Å². The maximum atomic E-state index is 9.33. The summed E-state index contributed by atoms with van der Waals surface area (Å²) in [6.45, 7) is 13.0. The average molecular weight is 458 g/mol. The predicted octanol–water partition coefficient (Wildman–Crippen LogP) is 4.41. The summed E-state index contributed by atoms with van der Waals surface area (Å²) < 4.78 is 0. The highest BCUT2D eigenvalue weighted by Gasteiger charge is 2.37. The van der Waals surface area contributed by atoms with Crippen molar-refractivity contribution in [3.05, 3.63) is 34.7 Å². The molecule has 0 unspecified atom stereocenters. The third-order valence-electron chi connectivity index (χ3n) is 7.67. The minimum absolute atomic E-state index is 0.144. The molecule has 1 aliphatic carbocycles. The molecule has 2 aliphatic rings.